The van der Waals surface area contributed by atoms with Crippen LogP contribution in [0.2, 0.25) is 0 Å². The Kier molecular flexibility index (Phi) is 4.68. The van der Waals surface area contributed by atoms with Gasteiger partial charge in [0.2, 0.25) is 0 Å². The normalized spacial score (nSPS) is 25.4. The molecule has 0 amide bonds. The molecule has 1 N–H and O–H groups in total. The van der Waals surface area contributed by atoms with Crippen LogP contribution >= 0.6 is 0 Å². The first-order chi connectivity index (χ1) is 8.70. The van der Waals surface area contributed by atoms with E-state index in [-0.39, 0.29) is 5.54 Å². The summed E-state index contributed by atoms with van der Waals surface area (Å²) in [5, 5.41) is 3.57. The van der Waals surface area contributed by atoms with Crippen molar-refractivity contribution in [1.29, 1.82) is 0 Å². The maximum absolute atomic E-state index is 5.56. The molecular formula is C15H28N2O. The summed E-state index contributed by atoms with van der Waals surface area (Å²) in [4.78, 5) is 2.45. The Morgan fingerprint density at radius 3 is 2.44 bits per heavy atom. The minimum Gasteiger partial charge on any atom is -0.501 e. The van der Waals surface area contributed by atoms with Gasteiger partial charge in [0.15, 0.2) is 0 Å². The minimum atomic E-state index is 0.277. The topological polar surface area (TPSA) is 24.5 Å². The van der Waals surface area contributed by atoms with E-state index < -0.39 is 0 Å². The van der Waals surface area contributed by atoms with Gasteiger partial charge in [-0.15, -0.1) is 0 Å². The van der Waals surface area contributed by atoms with E-state index in [0.717, 1.165) is 13.0 Å². The predicted octanol–water partition coefficient (Wildman–Crippen LogP) is 2.53. The minimum absolute atomic E-state index is 0.277. The van der Waals surface area contributed by atoms with Crippen LogP contribution < -0.4 is 5.32 Å². The molecule has 0 aromatic rings. The van der Waals surface area contributed by atoms with E-state index in [0.29, 0.717) is 6.04 Å². The van der Waals surface area contributed by atoms with E-state index in [1.54, 1.807) is 0 Å². The van der Waals surface area contributed by atoms with Crippen molar-refractivity contribution in [2.45, 2.75) is 56.5 Å². The fraction of sp³-hybridized carbons (Fsp3) is 0.867. The molecule has 1 fully saturated rings. The van der Waals surface area contributed by atoms with Crippen LogP contribution in [0.15, 0.2) is 11.8 Å². The SMILES string of the molecule is CNC(C1=COCCC1)C1(N(C)C)CCCCC1. The molecule has 1 heterocycles. The quantitative estimate of drug-likeness (QED) is 0.832. The van der Waals surface area contributed by atoms with Crippen LogP contribution in [0, 0.1) is 0 Å². The van der Waals surface area contributed by atoms with Gasteiger partial charge in [-0.2, -0.15) is 0 Å². The molecule has 104 valence electrons. The summed E-state index contributed by atoms with van der Waals surface area (Å²) in [6.45, 7) is 0.884. The third-order valence-corrected chi connectivity index (χ3v) is 4.77. The summed E-state index contributed by atoms with van der Waals surface area (Å²) < 4.78 is 5.56. The van der Waals surface area contributed by atoms with Gasteiger partial charge in [0.05, 0.1) is 12.9 Å². The van der Waals surface area contributed by atoms with Crippen LogP contribution in [0.25, 0.3) is 0 Å². The summed E-state index contributed by atoms with van der Waals surface area (Å²) in [6, 6.07) is 0.438. The van der Waals surface area contributed by atoms with Gasteiger partial charge in [0.1, 0.15) is 0 Å². The number of nitrogens with one attached hydrogen (secondary N) is 1. The lowest BCUT2D eigenvalue weighted by Crippen LogP contribution is -2.60. The highest BCUT2D eigenvalue weighted by Crippen LogP contribution is 2.38. The number of hydrogen-bond donors (Lipinski definition) is 1. The van der Waals surface area contributed by atoms with Gasteiger partial charge in [-0.1, -0.05) is 19.3 Å². The summed E-state index contributed by atoms with van der Waals surface area (Å²) in [7, 11) is 6.57. The fourth-order valence-corrected chi connectivity index (χ4v) is 3.75. The number of hydrogen-bond acceptors (Lipinski definition) is 3. The molecule has 1 atom stereocenters. The third kappa shape index (κ3) is 2.57. The zero-order chi connectivity index (χ0) is 13.0. The van der Waals surface area contributed by atoms with Crippen molar-refractivity contribution in [3.8, 4) is 0 Å². The number of nitrogens with zero attached hydrogens (tertiary/aromatic N) is 1. The number of rotatable bonds is 4. The van der Waals surface area contributed by atoms with Crippen molar-refractivity contribution in [2.24, 2.45) is 0 Å². The Hall–Kier alpha value is -0.540. The molecule has 0 aromatic heterocycles. The van der Waals surface area contributed by atoms with E-state index in [2.05, 4.69) is 31.4 Å². The zero-order valence-electron chi connectivity index (χ0n) is 12.2. The van der Waals surface area contributed by atoms with Crippen LogP contribution in [0.1, 0.15) is 44.9 Å². The van der Waals surface area contributed by atoms with Crippen LogP contribution in [-0.4, -0.2) is 44.2 Å². The Morgan fingerprint density at radius 2 is 1.94 bits per heavy atom. The van der Waals surface area contributed by atoms with Crippen molar-refractivity contribution in [1.82, 2.24) is 10.2 Å². The molecular weight excluding hydrogens is 224 g/mol. The van der Waals surface area contributed by atoms with Gasteiger partial charge in [-0.3, -0.25) is 0 Å². The second-order valence-electron chi connectivity index (χ2n) is 5.95. The third-order valence-electron chi connectivity index (χ3n) is 4.77. The first-order valence-electron chi connectivity index (χ1n) is 7.36. The van der Waals surface area contributed by atoms with E-state index in [1.807, 2.05) is 6.26 Å². The zero-order valence-corrected chi connectivity index (χ0v) is 12.2. The average molecular weight is 252 g/mol. The summed E-state index contributed by atoms with van der Waals surface area (Å²) in [5.41, 5.74) is 1.74. The van der Waals surface area contributed by atoms with Crippen LogP contribution in [-0.2, 0) is 4.74 Å². The van der Waals surface area contributed by atoms with Crippen LogP contribution in [0.5, 0.6) is 0 Å². The fourth-order valence-electron chi connectivity index (χ4n) is 3.75. The highest BCUT2D eigenvalue weighted by atomic mass is 16.5. The van der Waals surface area contributed by atoms with Gasteiger partial charge in [-0.05, 0) is 52.4 Å². The van der Waals surface area contributed by atoms with Gasteiger partial charge in [0.25, 0.3) is 0 Å². The highest BCUT2D eigenvalue weighted by Gasteiger charge is 2.42. The molecule has 1 aliphatic carbocycles. The van der Waals surface area contributed by atoms with Crippen LogP contribution in [0.4, 0.5) is 0 Å². The van der Waals surface area contributed by atoms with E-state index in [4.69, 9.17) is 4.74 Å². The van der Waals surface area contributed by atoms with E-state index in [1.165, 1.54) is 44.1 Å². The Labute approximate surface area is 112 Å². The van der Waals surface area contributed by atoms with Gasteiger partial charge in [-0.25, -0.2) is 0 Å². The molecule has 0 aromatic carbocycles. The Morgan fingerprint density at radius 1 is 1.22 bits per heavy atom. The van der Waals surface area contributed by atoms with Crippen molar-refractivity contribution in [3.63, 3.8) is 0 Å². The molecule has 1 saturated carbocycles. The molecule has 0 spiro atoms. The van der Waals surface area contributed by atoms with Crippen molar-refractivity contribution >= 4 is 0 Å². The maximum atomic E-state index is 5.56. The molecule has 2 rings (SSSR count). The second kappa shape index (κ2) is 6.07. The lowest BCUT2D eigenvalue weighted by molar-refractivity contribution is 0.0670. The standard InChI is InChI=1S/C15H28N2O/c1-16-14(13-8-7-11-18-12-13)15(17(2)3)9-5-4-6-10-15/h12,14,16H,4-11H2,1-3H3. The van der Waals surface area contributed by atoms with Gasteiger partial charge >= 0.3 is 0 Å². The summed E-state index contributed by atoms with van der Waals surface area (Å²) in [5.74, 6) is 0. The Balaban J connectivity index is 2.23. The molecule has 0 radical (unpaired) electrons. The summed E-state index contributed by atoms with van der Waals surface area (Å²) in [6.07, 6.45) is 11.0. The molecule has 18 heavy (non-hydrogen) atoms. The monoisotopic (exact) mass is 252 g/mol. The first-order valence-corrected chi connectivity index (χ1v) is 7.36. The second-order valence-corrected chi connectivity index (χ2v) is 5.95. The van der Waals surface area contributed by atoms with E-state index in [9.17, 15) is 0 Å². The number of likely N-dealkylation sites (N-methyl/N-ethyl adjacent to an activating group) is 2. The van der Waals surface area contributed by atoms with Crippen LogP contribution in [0.3, 0.4) is 0 Å². The van der Waals surface area contributed by atoms with Gasteiger partial charge < -0.3 is 15.0 Å². The van der Waals surface area contributed by atoms with E-state index >= 15 is 0 Å². The number of ether oxygens (including phenoxy) is 1. The predicted molar refractivity (Wildman–Crippen MR) is 75.6 cm³/mol. The van der Waals surface area contributed by atoms with Crippen molar-refractivity contribution in [2.75, 3.05) is 27.7 Å². The molecule has 0 saturated heterocycles. The Bertz CT molecular complexity index is 293. The molecule has 1 unspecified atom stereocenters. The summed E-state index contributed by atoms with van der Waals surface area (Å²) >= 11 is 0. The highest BCUT2D eigenvalue weighted by molar-refractivity contribution is 5.19. The molecule has 3 nitrogen and oxygen atoms in total. The molecule has 2 aliphatic rings. The van der Waals surface area contributed by atoms with Crippen molar-refractivity contribution in [3.05, 3.63) is 11.8 Å². The molecule has 3 heteroatoms. The average Bonchev–Trinajstić information content (AvgIpc) is 2.41. The largest absolute Gasteiger partial charge is 0.501 e. The molecule has 1 aliphatic heterocycles. The smallest absolute Gasteiger partial charge is 0.0876 e. The first kappa shape index (κ1) is 13.9. The lowest BCUT2D eigenvalue weighted by atomic mass is 9.72. The molecule has 0 bridgehead atoms. The lowest BCUT2D eigenvalue weighted by Gasteiger charge is -2.49. The van der Waals surface area contributed by atoms with Crippen molar-refractivity contribution < 1.29 is 4.74 Å². The maximum Gasteiger partial charge on any atom is 0.0876 e. The van der Waals surface area contributed by atoms with Gasteiger partial charge in [0, 0.05) is 11.6 Å².